The van der Waals surface area contributed by atoms with E-state index in [4.69, 9.17) is 0 Å². The van der Waals surface area contributed by atoms with Gasteiger partial charge in [0, 0.05) is 43.5 Å². The van der Waals surface area contributed by atoms with Gasteiger partial charge in [0.15, 0.2) is 0 Å². The minimum Gasteiger partial charge on any atom is -0.377 e. The van der Waals surface area contributed by atoms with E-state index in [0.717, 1.165) is 17.8 Å². The molecule has 6 nitrogen and oxygen atoms in total. The molecule has 0 saturated carbocycles. The zero-order chi connectivity index (χ0) is 23.1. The Morgan fingerprint density at radius 1 is 1.06 bits per heavy atom. The number of anilines is 2. The zero-order valence-electron chi connectivity index (χ0n) is 19.3. The smallest absolute Gasteiger partial charge is 0.254 e. The van der Waals surface area contributed by atoms with Crippen LogP contribution >= 0.6 is 0 Å². The normalized spacial score (nSPS) is 11.0. The zero-order valence-corrected chi connectivity index (χ0v) is 19.3. The molecule has 0 aromatic heterocycles. The van der Waals surface area contributed by atoms with Crippen LogP contribution in [0.25, 0.3) is 0 Å². The molecule has 0 aliphatic heterocycles. The topological polar surface area (TPSA) is 57.1 Å². The third kappa shape index (κ3) is 7.07. The lowest BCUT2D eigenvalue weighted by Crippen LogP contribution is -3.06. The predicted molar refractivity (Wildman–Crippen MR) is 123 cm³/mol. The quantitative estimate of drug-likeness (QED) is 0.643. The molecule has 168 valence electrons. The monoisotopic (exact) mass is 429 g/mol. The molecular formula is C24H34FN4O2+. The SMILES string of the molecule is CC(C)C(=O)Nc1ccc(N(C)C)c(CN(CC[NH+](C)C)C(=O)c2ccc(F)cc2)c1. The second-order valence-corrected chi connectivity index (χ2v) is 8.57. The fourth-order valence-electron chi connectivity index (χ4n) is 3.10. The number of carbonyl (C=O) groups excluding carboxylic acids is 2. The van der Waals surface area contributed by atoms with Gasteiger partial charge in [-0.25, -0.2) is 4.39 Å². The van der Waals surface area contributed by atoms with E-state index >= 15 is 0 Å². The third-order valence-corrected chi connectivity index (χ3v) is 4.97. The Bertz CT molecular complexity index is 895. The van der Waals surface area contributed by atoms with Crippen molar-refractivity contribution < 1.29 is 18.9 Å². The van der Waals surface area contributed by atoms with Gasteiger partial charge in [0.05, 0.1) is 27.2 Å². The van der Waals surface area contributed by atoms with Gasteiger partial charge >= 0.3 is 0 Å². The minimum absolute atomic E-state index is 0.0565. The van der Waals surface area contributed by atoms with Crippen LogP contribution in [0.4, 0.5) is 15.8 Å². The molecule has 0 unspecified atom stereocenters. The number of hydrogen-bond donors (Lipinski definition) is 2. The van der Waals surface area contributed by atoms with Crippen LogP contribution in [0, 0.1) is 11.7 Å². The molecule has 0 saturated heterocycles. The molecule has 0 aliphatic carbocycles. The van der Waals surface area contributed by atoms with Crippen molar-refractivity contribution >= 4 is 23.2 Å². The van der Waals surface area contributed by atoms with Gasteiger partial charge in [-0.15, -0.1) is 0 Å². The van der Waals surface area contributed by atoms with Crippen molar-refractivity contribution in [3.8, 4) is 0 Å². The van der Waals surface area contributed by atoms with Crippen molar-refractivity contribution in [3.63, 3.8) is 0 Å². The first kappa shape index (κ1) is 24.3. The van der Waals surface area contributed by atoms with E-state index in [-0.39, 0.29) is 23.5 Å². The van der Waals surface area contributed by atoms with Crippen LogP contribution in [0.3, 0.4) is 0 Å². The molecule has 2 N–H and O–H groups in total. The average Bonchev–Trinajstić information content (AvgIpc) is 2.70. The summed E-state index contributed by atoms with van der Waals surface area (Å²) in [6, 6.07) is 11.4. The Morgan fingerprint density at radius 2 is 1.71 bits per heavy atom. The molecule has 2 aromatic rings. The Labute approximate surface area is 184 Å². The Morgan fingerprint density at radius 3 is 2.26 bits per heavy atom. The highest BCUT2D eigenvalue weighted by atomic mass is 19.1. The molecule has 0 spiro atoms. The van der Waals surface area contributed by atoms with Gasteiger partial charge in [0.2, 0.25) is 5.91 Å². The molecule has 0 heterocycles. The number of carbonyl (C=O) groups is 2. The van der Waals surface area contributed by atoms with Gasteiger partial charge in [-0.2, -0.15) is 0 Å². The standard InChI is InChI=1S/C24H33FN4O2/c1-17(2)23(30)26-21-11-12-22(28(5)6)19(15-21)16-29(14-13-27(3)4)24(31)18-7-9-20(25)10-8-18/h7-12,15,17H,13-14,16H2,1-6H3,(H,26,30)/p+1. The summed E-state index contributed by atoms with van der Waals surface area (Å²) in [5.74, 6) is -0.706. The van der Waals surface area contributed by atoms with Gasteiger partial charge in [0.1, 0.15) is 5.82 Å². The van der Waals surface area contributed by atoms with Gasteiger partial charge in [-0.1, -0.05) is 13.8 Å². The summed E-state index contributed by atoms with van der Waals surface area (Å²) in [6.45, 7) is 5.39. The lowest BCUT2D eigenvalue weighted by molar-refractivity contribution is -0.857. The second-order valence-electron chi connectivity index (χ2n) is 8.57. The number of rotatable bonds is 9. The lowest BCUT2D eigenvalue weighted by Gasteiger charge is -2.27. The highest BCUT2D eigenvalue weighted by Crippen LogP contribution is 2.25. The van der Waals surface area contributed by atoms with Crippen LogP contribution in [0.5, 0.6) is 0 Å². The molecule has 0 aliphatic rings. The Kier molecular flexibility index (Phi) is 8.56. The van der Waals surface area contributed by atoms with Gasteiger partial charge in [0.25, 0.3) is 5.91 Å². The maximum absolute atomic E-state index is 13.3. The number of hydrogen-bond acceptors (Lipinski definition) is 3. The van der Waals surface area contributed by atoms with E-state index in [1.165, 1.54) is 29.2 Å². The molecule has 0 bridgehead atoms. The summed E-state index contributed by atoms with van der Waals surface area (Å²) in [7, 11) is 7.96. The van der Waals surface area contributed by atoms with Crippen LogP contribution in [0.1, 0.15) is 29.8 Å². The van der Waals surface area contributed by atoms with Crippen molar-refractivity contribution in [1.82, 2.24) is 4.90 Å². The fraction of sp³-hybridized carbons (Fsp3) is 0.417. The number of amides is 2. The summed E-state index contributed by atoms with van der Waals surface area (Å²) in [4.78, 5) is 30.3. The summed E-state index contributed by atoms with van der Waals surface area (Å²) in [5, 5.41) is 2.93. The predicted octanol–water partition coefficient (Wildman–Crippen LogP) is 2.27. The molecule has 2 aromatic carbocycles. The van der Waals surface area contributed by atoms with Crippen LogP contribution in [-0.2, 0) is 11.3 Å². The average molecular weight is 430 g/mol. The number of benzene rings is 2. The first-order valence-electron chi connectivity index (χ1n) is 10.5. The number of quaternary nitrogens is 1. The summed E-state index contributed by atoms with van der Waals surface area (Å²) in [5.41, 5.74) is 3.05. The van der Waals surface area contributed by atoms with Crippen molar-refractivity contribution in [3.05, 3.63) is 59.4 Å². The van der Waals surface area contributed by atoms with E-state index in [0.29, 0.717) is 24.3 Å². The Balaban J connectivity index is 2.37. The van der Waals surface area contributed by atoms with Crippen molar-refractivity contribution in [1.29, 1.82) is 0 Å². The highest BCUT2D eigenvalue weighted by Gasteiger charge is 2.20. The van der Waals surface area contributed by atoms with E-state index < -0.39 is 0 Å². The molecule has 0 fully saturated rings. The minimum atomic E-state index is -0.371. The molecule has 7 heteroatoms. The molecular weight excluding hydrogens is 395 g/mol. The van der Waals surface area contributed by atoms with Gasteiger partial charge in [-0.3, -0.25) is 9.59 Å². The van der Waals surface area contributed by atoms with Crippen LogP contribution in [0.2, 0.25) is 0 Å². The van der Waals surface area contributed by atoms with E-state index in [2.05, 4.69) is 5.32 Å². The largest absolute Gasteiger partial charge is 0.377 e. The van der Waals surface area contributed by atoms with Crippen LogP contribution < -0.4 is 15.1 Å². The Hall–Kier alpha value is -2.93. The van der Waals surface area contributed by atoms with Crippen LogP contribution in [-0.4, -0.2) is 58.0 Å². The second kappa shape index (κ2) is 10.9. The maximum atomic E-state index is 13.3. The summed E-state index contributed by atoms with van der Waals surface area (Å²) in [6.07, 6.45) is 0. The number of nitrogens with one attached hydrogen (secondary N) is 2. The third-order valence-electron chi connectivity index (χ3n) is 4.97. The molecule has 2 amide bonds. The lowest BCUT2D eigenvalue weighted by atomic mass is 10.1. The van der Waals surface area contributed by atoms with Crippen molar-refractivity contribution in [2.45, 2.75) is 20.4 Å². The highest BCUT2D eigenvalue weighted by molar-refractivity contribution is 5.94. The van der Waals surface area contributed by atoms with Crippen molar-refractivity contribution in [2.75, 3.05) is 51.5 Å². The van der Waals surface area contributed by atoms with Gasteiger partial charge < -0.3 is 20.0 Å². The van der Waals surface area contributed by atoms with Crippen molar-refractivity contribution in [2.24, 2.45) is 5.92 Å². The first-order valence-corrected chi connectivity index (χ1v) is 10.5. The number of halogens is 1. The number of nitrogens with zero attached hydrogens (tertiary/aromatic N) is 2. The van der Waals surface area contributed by atoms with Gasteiger partial charge in [-0.05, 0) is 48.0 Å². The van der Waals surface area contributed by atoms with E-state index in [1.54, 1.807) is 4.90 Å². The summed E-state index contributed by atoms with van der Waals surface area (Å²) < 4.78 is 13.3. The molecule has 0 atom stereocenters. The molecule has 0 radical (unpaired) electrons. The van der Waals surface area contributed by atoms with E-state index in [9.17, 15) is 14.0 Å². The summed E-state index contributed by atoms with van der Waals surface area (Å²) >= 11 is 0. The van der Waals surface area contributed by atoms with Crippen LogP contribution in [0.15, 0.2) is 42.5 Å². The van der Waals surface area contributed by atoms with E-state index in [1.807, 2.05) is 65.1 Å². The maximum Gasteiger partial charge on any atom is 0.254 e. The first-order chi connectivity index (χ1) is 14.6. The number of likely N-dealkylation sites (N-methyl/N-ethyl adjacent to an activating group) is 1. The molecule has 31 heavy (non-hydrogen) atoms. The molecule has 2 rings (SSSR count). The fourth-order valence-corrected chi connectivity index (χ4v) is 3.10.